The average molecular weight is 250 g/mol. The highest BCUT2D eigenvalue weighted by atomic mass is 32.1. The molecule has 0 fully saturated rings. The maximum atomic E-state index is 12.3. The first-order valence-corrected chi connectivity index (χ1v) is 7.06. The van der Waals surface area contributed by atoms with Crippen molar-refractivity contribution >= 4 is 28.5 Å². The predicted molar refractivity (Wildman–Crippen MR) is 70.5 cm³/mol. The van der Waals surface area contributed by atoms with Crippen LogP contribution in [-0.2, 0) is 4.79 Å². The molecular formula is C13H14OS2. The highest BCUT2D eigenvalue weighted by Gasteiger charge is 2.23. The van der Waals surface area contributed by atoms with Crippen LogP contribution < -0.4 is 0 Å². The molecule has 16 heavy (non-hydrogen) atoms. The van der Waals surface area contributed by atoms with Crippen molar-refractivity contribution in [2.24, 2.45) is 0 Å². The zero-order valence-electron chi connectivity index (χ0n) is 9.34. The summed E-state index contributed by atoms with van der Waals surface area (Å²) < 4.78 is 0. The SMILES string of the molecule is CC(C(=O)C(C)c1cccs1)c1cccs1. The minimum Gasteiger partial charge on any atom is -0.298 e. The molecule has 84 valence electrons. The largest absolute Gasteiger partial charge is 0.298 e. The Balaban J connectivity index is 2.14. The zero-order chi connectivity index (χ0) is 11.5. The van der Waals surface area contributed by atoms with Gasteiger partial charge in [-0.2, -0.15) is 0 Å². The number of ketones is 1. The van der Waals surface area contributed by atoms with Gasteiger partial charge in [0.15, 0.2) is 0 Å². The van der Waals surface area contributed by atoms with Crippen LogP contribution in [0, 0.1) is 0 Å². The summed E-state index contributed by atoms with van der Waals surface area (Å²) in [6.45, 7) is 4.00. The molecule has 2 atom stereocenters. The summed E-state index contributed by atoms with van der Waals surface area (Å²) in [4.78, 5) is 14.6. The van der Waals surface area contributed by atoms with E-state index in [0.717, 1.165) is 9.75 Å². The summed E-state index contributed by atoms with van der Waals surface area (Å²) in [7, 11) is 0. The molecule has 2 aromatic heterocycles. The zero-order valence-corrected chi connectivity index (χ0v) is 11.0. The summed E-state index contributed by atoms with van der Waals surface area (Å²) in [5, 5.41) is 4.05. The van der Waals surface area contributed by atoms with Gasteiger partial charge < -0.3 is 0 Å². The van der Waals surface area contributed by atoms with E-state index in [1.165, 1.54) is 0 Å². The van der Waals surface area contributed by atoms with E-state index in [1.807, 2.05) is 48.9 Å². The molecule has 2 rings (SSSR count). The molecule has 2 aromatic rings. The average Bonchev–Trinajstić information content (AvgIpc) is 2.97. The third-order valence-corrected chi connectivity index (χ3v) is 4.90. The minimum absolute atomic E-state index is 0.0112. The molecule has 0 N–H and O–H groups in total. The number of carbonyl (C=O) groups is 1. The summed E-state index contributed by atoms with van der Waals surface area (Å²) in [5.74, 6) is 0.332. The van der Waals surface area contributed by atoms with Gasteiger partial charge in [0.1, 0.15) is 5.78 Å². The van der Waals surface area contributed by atoms with Crippen LogP contribution in [0.2, 0.25) is 0 Å². The molecule has 0 aromatic carbocycles. The number of thiophene rings is 2. The summed E-state index contributed by atoms with van der Waals surface area (Å²) >= 11 is 3.31. The molecule has 2 unspecified atom stereocenters. The predicted octanol–water partition coefficient (Wildman–Crippen LogP) is 4.29. The molecule has 0 radical (unpaired) electrons. The molecule has 1 nitrogen and oxygen atoms in total. The van der Waals surface area contributed by atoms with E-state index in [0.29, 0.717) is 5.78 Å². The first-order valence-electron chi connectivity index (χ1n) is 5.30. The maximum absolute atomic E-state index is 12.3. The minimum atomic E-state index is 0.0112. The first-order chi connectivity index (χ1) is 7.70. The number of hydrogen-bond acceptors (Lipinski definition) is 3. The molecule has 0 aliphatic rings. The molecular weight excluding hydrogens is 236 g/mol. The van der Waals surface area contributed by atoms with Gasteiger partial charge >= 0.3 is 0 Å². The second-order valence-corrected chi connectivity index (χ2v) is 5.84. The molecule has 0 saturated heterocycles. The first kappa shape index (κ1) is 11.6. The van der Waals surface area contributed by atoms with E-state index in [2.05, 4.69) is 0 Å². The van der Waals surface area contributed by atoms with Gasteiger partial charge in [-0.1, -0.05) is 26.0 Å². The van der Waals surface area contributed by atoms with Crippen molar-refractivity contribution in [3.8, 4) is 0 Å². The highest BCUT2D eigenvalue weighted by molar-refractivity contribution is 7.10. The van der Waals surface area contributed by atoms with Gasteiger partial charge in [0.2, 0.25) is 0 Å². The second-order valence-electron chi connectivity index (χ2n) is 3.88. The topological polar surface area (TPSA) is 17.1 Å². The Labute approximate surface area is 104 Å². The van der Waals surface area contributed by atoms with Crippen molar-refractivity contribution < 1.29 is 4.79 Å². The second kappa shape index (κ2) is 4.93. The van der Waals surface area contributed by atoms with Crippen molar-refractivity contribution in [3.63, 3.8) is 0 Å². The van der Waals surface area contributed by atoms with E-state index < -0.39 is 0 Å². The standard InChI is InChI=1S/C13H14OS2/c1-9(11-5-3-7-15-11)13(14)10(2)12-6-4-8-16-12/h3-10H,1-2H3. The monoisotopic (exact) mass is 250 g/mol. The Bertz CT molecular complexity index is 400. The third kappa shape index (κ3) is 2.25. The Kier molecular flexibility index (Phi) is 3.56. The molecule has 0 aliphatic carbocycles. The van der Waals surface area contributed by atoms with Crippen LogP contribution in [0.3, 0.4) is 0 Å². The Morgan fingerprint density at radius 2 is 1.44 bits per heavy atom. The molecule has 2 heterocycles. The third-order valence-electron chi connectivity index (χ3n) is 2.79. The number of hydrogen-bond donors (Lipinski definition) is 0. The molecule has 0 aliphatic heterocycles. The van der Waals surface area contributed by atoms with Crippen molar-refractivity contribution in [2.75, 3.05) is 0 Å². The van der Waals surface area contributed by atoms with Gasteiger partial charge in [-0.15, -0.1) is 22.7 Å². The molecule has 0 amide bonds. The van der Waals surface area contributed by atoms with Gasteiger partial charge in [-0.05, 0) is 22.9 Å². The van der Waals surface area contributed by atoms with Gasteiger partial charge in [0.25, 0.3) is 0 Å². The van der Waals surface area contributed by atoms with Crippen LogP contribution in [0.4, 0.5) is 0 Å². The number of rotatable bonds is 4. The summed E-state index contributed by atoms with van der Waals surface area (Å²) in [5.41, 5.74) is 0. The van der Waals surface area contributed by atoms with Gasteiger partial charge in [-0.25, -0.2) is 0 Å². The number of Topliss-reactive ketones (excluding diaryl/α,β-unsaturated/α-hetero) is 1. The lowest BCUT2D eigenvalue weighted by molar-refractivity contribution is -0.121. The smallest absolute Gasteiger partial charge is 0.148 e. The lowest BCUT2D eigenvalue weighted by Crippen LogP contribution is -2.14. The lowest BCUT2D eigenvalue weighted by Gasteiger charge is -2.13. The molecule has 0 spiro atoms. The fourth-order valence-electron chi connectivity index (χ4n) is 1.73. The quantitative estimate of drug-likeness (QED) is 0.791. The van der Waals surface area contributed by atoms with E-state index in [1.54, 1.807) is 22.7 Å². The number of carbonyl (C=O) groups excluding carboxylic acids is 1. The van der Waals surface area contributed by atoms with Crippen LogP contribution in [0.25, 0.3) is 0 Å². The molecule has 0 saturated carbocycles. The van der Waals surface area contributed by atoms with Crippen molar-refractivity contribution in [1.82, 2.24) is 0 Å². The van der Waals surface area contributed by atoms with Crippen molar-refractivity contribution in [1.29, 1.82) is 0 Å². The summed E-state index contributed by atoms with van der Waals surface area (Å²) in [6, 6.07) is 8.07. The fraction of sp³-hybridized carbons (Fsp3) is 0.308. The van der Waals surface area contributed by atoms with E-state index in [-0.39, 0.29) is 11.8 Å². The van der Waals surface area contributed by atoms with E-state index in [4.69, 9.17) is 0 Å². The maximum Gasteiger partial charge on any atom is 0.148 e. The van der Waals surface area contributed by atoms with Gasteiger partial charge in [0.05, 0.1) is 0 Å². The van der Waals surface area contributed by atoms with Crippen molar-refractivity contribution in [3.05, 3.63) is 44.8 Å². The van der Waals surface area contributed by atoms with E-state index in [9.17, 15) is 4.79 Å². The van der Waals surface area contributed by atoms with Crippen LogP contribution in [0.1, 0.15) is 35.4 Å². The molecule has 0 bridgehead atoms. The van der Waals surface area contributed by atoms with E-state index >= 15 is 0 Å². The van der Waals surface area contributed by atoms with Crippen LogP contribution in [-0.4, -0.2) is 5.78 Å². The van der Waals surface area contributed by atoms with Crippen LogP contribution in [0.5, 0.6) is 0 Å². The van der Waals surface area contributed by atoms with Crippen LogP contribution in [0.15, 0.2) is 35.0 Å². The van der Waals surface area contributed by atoms with Crippen LogP contribution >= 0.6 is 22.7 Å². The lowest BCUT2D eigenvalue weighted by atomic mass is 9.93. The summed E-state index contributed by atoms with van der Waals surface area (Å²) in [6.07, 6.45) is 0. The Hall–Kier alpha value is -0.930. The van der Waals surface area contributed by atoms with Gasteiger partial charge in [-0.3, -0.25) is 4.79 Å². The van der Waals surface area contributed by atoms with Gasteiger partial charge in [0, 0.05) is 21.6 Å². The molecule has 3 heteroatoms. The fourth-order valence-corrected chi connectivity index (χ4v) is 3.31. The van der Waals surface area contributed by atoms with Crippen molar-refractivity contribution in [2.45, 2.75) is 25.7 Å². The Morgan fingerprint density at radius 1 is 1.00 bits per heavy atom. The normalized spacial score (nSPS) is 14.6. The Morgan fingerprint density at radius 3 is 1.75 bits per heavy atom. The highest BCUT2D eigenvalue weighted by Crippen LogP contribution is 2.30.